The van der Waals surface area contributed by atoms with Gasteiger partial charge in [0.25, 0.3) is 0 Å². The van der Waals surface area contributed by atoms with Crippen LogP contribution in [0.15, 0.2) is 24.3 Å². The average Bonchev–Trinajstić information content (AvgIpc) is 2.97. The van der Waals surface area contributed by atoms with Crippen LogP contribution in [0.5, 0.6) is 0 Å². The van der Waals surface area contributed by atoms with Gasteiger partial charge in [0.15, 0.2) is 11.6 Å². The number of amides is 1. The summed E-state index contributed by atoms with van der Waals surface area (Å²) in [6.45, 7) is 13.2. The van der Waals surface area contributed by atoms with Crippen molar-refractivity contribution in [2.75, 3.05) is 98.3 Å². The molecule has 40 heavy (non-hydrogen) atoms. The third-order valence-corrected chi connectivity index (χ3v) is 7.45. The highest BCUT2D eigenvalue weighted by Crippen LogP contribution is 2.31. The minimum Gasteiger partial charge on any atom is -0.444 e. The fourth-order valence-corrected chi connectivity index (χ4v) is 5.18. The molecule has 0 radical (unpaired) electrons. The van der Waals surface area contributed by atoms with Gasteiger partial charge < -0.3 is 39.7 Å². The molecule has 0 aliphatic carbocycles. The standard InChI is InChI=1S/C28H41FN8O3/c1-28(2,3)40-27(38)37-14-12-36(13-15-37)26-31-24(23(29)25(32-26)35-16-18-39-19-17-35)34-10-8-33(9-11-34)22-6-4-21(20-30)5-7-22/h4-7H,8-20,30H2,1-3H3. The minimum absolute atomic E-state index is 0.317. The van der Waals surface area contributed by atoms with Crippen LogP contribution in [0.1, 0.15) is 26.3 Å². The number of morpholine rings is 1. The van der Waals surface area contributed by atoms with Crippen LogP contribution in [-0.2, 0) is 16.0 Å². The highest BCUT2D eigenvalue weighted by molar-refractivity contribution is 5.68. The molecule has 5 rings (SSSR count). The molecule has 0 atom stereocenters. The summed E-state index contributed by atoms with van der Waals surface area (Å²) in [6, 6.07) is 8.29. The zero-order valence-corrected chi connectivity index (χ0v) is 23.8. The summed E-state index contributed by atoms with van der Waals surface area (Å²) in [5.74, 6) is 0.747. The molecule has 218 valence electrons. The molecule has 4 heterocycles. The van der Waals surface area contributed by atoms with E-state index >= 15 is 4.39 Å². The summed E-state index contributed by atoms with van der Waals surface area (Å²) in [5, 5.41) is 0. The number of anilines is 4. The third-order valence-electron chi connectivity index (χ3n) is 7.45. The Balaban J connectivity index is 1.33. The number of hydrogen-bond acceptors (Lipinski definition) is 10. The smallest absolute Gasteiger partial charge is 0.410 e. The van der Waals surface area contributed by atoms with E-state index in [9.17, 15) is 4.79 Å². The van der Waals surface area contributed by atoms with Crippen molar-refractivity contribution in [3.63, 3.8) is 0 Å². The lowest BCUT2D eigenvalue weighted by Gasteiger charge is -2.39. The van der Waals surface area contributed by atoms with Crippen molar-refractivity contribution in [3.8, 4) is 0 Å². The number of aromatic nitrogens is 2. The zero-order chi connectivity index (χ0) is 28.3. The van der Waals surface area contributed by atoms with E-state index in [1.54, 1.807) is 4.90 Å². The van der Waals surface area contributed by atoms with Gasteiger partial charge in [-0.15, -0.1) is 0 Å². The lowest BCUT2D eigenvalue weighted by Crippen LogP contribution is -2.51. The Kier molecular flexibility index (Phi) is 8.46. The predicted octanol–water partition coefficient (Wildman–Crippen LogP) is 2.29. The molecule has 1 aromatic carbocycles. The topological polar surface area (TPSA) is 104 Å². The highest BCUT2D eigenvalue weighted by atomic mass is 19.1. The first-order chi connectivity index (χ1) is 19.2. The average molecular weight is 557 g/mol. The molecule has 1 aromatic heterocycles. The monoisotopic (exact) mass is 556 g/mol. The Morgan fingerprint density at radius 1 is 0.850 bits per heavy atom. The van der Waals surface area contributed by atoms with Crippen molar-refractivity contribution in [3.05, 3.63) is 35.6 Å². The van der Waals surface area contributed by atoms with Crippen LogP contribution in [-0.4, -0.2) is 105 Å². The number of piperazine rings is 2. The molecule has 2 N–H and O–H groups in total. The minimum atomic E-state index is -0.547. The number of rotatable bonds is 5. The number of benzene rings is 1. The van der Waals surface area contributed by atoms with Crippen molar-refractivity contribution in [2.45, 2.75) is 32.9 Å². The molecule has 1 amide bonds. The highest BCUT2D eigenvalue weighted by Gasteiger charge is 2.31. The molecule has 0 saturated carbocycles. The largest absolute Gasteiger partial charge is 0.444 e. The van der Waals surface area contributed by atoms with Crippen LogP contribution in [0, 0.1) is 5.82 Å². The Labute approximate surface area is 235 Å². The van der Waals surface area contributed by atoms with Crippen molar-refractivity contribution in [2.24, 2.45) is 5.73 Å². The van der Waals surface area contributed by atoms with Crippen molar-refractivity contribution >= 4 is 29.4 Å². The van der Waals surface area contributed by atoms with Crippen LogP contribution >= 0.6 is 0 Å². The van der Waals surface area contributed by atoms with Crippen molar-refractivity contribution in [1.29, 1.82) is 0 Å². The van der Waals surface area contributed by atoms with E-state index < -0.39 is 11.4 Å². The van der Waals surface area contributed by atoms with Gasteiger partial charge in [0.2, 0.25) is 11.8 Å². The molecule has 12 heteroatoms. The molecule has 2 aromatic rings. The fourth-order valence-electron chi connectivity index (χ4n) is 5.18. The number of carbonyl (C=O) groups is 1. The summed E-state index contributed by atoms with van der Waals surface area (Å²) in [6.07, 6.45) is -0.322. The summed E-state index contributed by atoms with van der Waals surface area (Å²) in [7, 11) is 0. The van der Waals surface area contributed by atoms with Gasteiger partial charge in [-0.05, 0) is 38.5 Å². The molecular weight excluding hydrogens is 515 g/mol. The Bertz CT molecular complexity index is 1150. The Morgan fingerprint density at radius 2 is 1.38 bits per heavy atom. The molecule has 0 spiro atoms. The van der Waals surface area contributed by atoms with E-state index in [0.717, 1.165) is 24.3 Å². The molecule has 3 aliphatic rings. The second-order valence-electron chi connectivity index (χ2n) is 11.4. The van der Waals surface area contributed by atoms with Gasteiger partial charge in [0.05, 0.1) is 13.2 Å². The lowest BCUT2D eigenvalue weighted by molar-refractivity contribution is 0.0240. The van der Waals surface area contributed by atoms with Gasteiger partial charge >= 0.3 is 6.09 Å². The first-order valence-electron chi connectivity index (χ1n) is 14.1. The first kappa shape index (κ1) is 28.2. The van der Waals surface area contributed by atoms with E-state index in [1.165, 1.54) is 0 Å². The van der Waals surface area contributed by atoms with Crippen LogP contribution in [0.4, 0.5) is 32.5 Å². The number of nitrogens with zero attached hydrogens (tertiary/aromatic N) is 7. The maximum absolute atomic E-state index is 16.1. The SMILES string of the molecule is CC(C)(C)OC(=O)N1CCN(c2nc(N3CCOCC3)c(F)c(N3CCN(c4ccc(CN)cc4)CC3)n2)CC1. The second kappa shape index (κ2) is 12.0. The Morgan fingerprint density at radius 3 is 1.93 bits per heavy atom. The lowest BCUT2D eigenvalue weighted by atomic mass is 10.2. The van der Waals surface area contributed by atoms with Crippen molar-refractivity contribution in [1.82, 2.24) is 14.9 Å². The van der Waals surface area contributed by atoms with E-state index in [0.29, 0.717) is 89.7 Å². The summed E-state index contributed by atoms with van der Waals surface area (Å²) >= 11 is 0. The number of ether oxygens (including phenoxy) is 2. The maximum Gasteiger partial charge on any atom is 0.410 e. The van der Waals surface area contributed by atoms with Gasteiger partial charge in [0, 0.05) is 77.7 Å². The molecule has 3 fully saturated rings. The molecule has 3 aliphatic heterocycles. The summed E-state index contributed by atoms with van der Waals surface area (Å²) in [5.41, 5.74) is 7.43. The number of halogens is 1. The maximum atomic E-state index is 16.1. The molecule has 11 nitrogen and oxygen atoms in total. The Hall–Kier alpha value is -3.38. The van der Waals surface area contributed by atoms with E-state index in [1.807, 2.05) is 35.5 Å². The van der Waals surface area contributed by atoms with Gasteiger partial charge in [-0.1, -0.05) is 12.1 Å². The zero-order valence-electron chi connectivity index (χ0n) is 23.8. The van der Waals surface area contributed by atoms with Crippen LogP contribution in [0.25, 0.3) is 0 Å². The molecular formula is C28H41FN8O3. The quantitative estimate of drug-likeness (QED) is 0.590. The van der Waals surface area contributed by atoms with Gasteiger partial charge in [-0.2, -0.15) is 14.4 Å². The molecule has 0 bridgehead atoms. The second-order valence-corrected chi connectivity index (χ2v) is 11.4. The van der Waals surface area contributed by atoms with E-state index in [4.69, 9.17) is 25.2 Å². The van der Waals surface area contributed by atoms with Crippen LogP contribution in [0.2, 0.25) is 0 Å². The van der Waals surface area contributed by atoms with Gasteiger partial charge in [0.1, 0.15) is 5.60 Å². The van der Waals surface area contributed by atoms with E-state index in [-0.39, 0.29) is 6.09 Å². The third kappa shape index (κ3) is 6.49. The molecule has 3 saturated heterocycles. The predicted molar refractivity (Wildman–Crippen MR) is 154 cm³/mol. The summed E-state index contributed by atoms with van der Waals surface area (Å²) in [4.78, 5) is 32.0. The number of hydrogen-bond donors (Lipinski definition) is 1. The van der Waals surface area contributed by atoms with Crippen molar-refractivity contribution < 1.29 is 18.7 Å². The first-order valence-corrected chi connectivity index (χ1v) is 14.1. The van der Waals surface area contributed by atoms with Gasteiger partial charge in [-0.3, -0.25) is 0 Å². The van der Waals surface area contributed by atoms with E-state index in [2.05, 4.69) is 29.2 Å². The number of carbonyl (C=O) groups excluding carboxylic acids is 1. The van der Waals surface area contributed by atoms with Crippen LogP contribution in [0.3, 0.4) is 0 Å². The summed E-state index contributed by atoms with van der Waals surface area (Å²) < 4.78 is 27.1. The van der Waals surface area contributed by atoms with Crippen LogP contribution < -0.4 is 25.3 Å². The van der Waals surface area contributed by atoms with Gasteiger partial charge in [-0.25, -0.2) is 4.79 Å². The fraction of sp³-hybridized carbons (Fsp3) is 0.607. The normalized spacial score (nSPS) is 18.8. The molecule has 0 unspecified atom stereocenters. The number of nitrogens with two attached hydrogens (primary N) is 1.